The number of hydrogen-bond acceptors (Lipinski definition) is 8. The van der Waals surface area contributed by atoms with Crippen molar-refractivity contribution in [1.82, 2.24) is 15.3 Å². The Morgan fingerprint density at radius 1 is 1.18 bits per heavy atom. The molecule has 150 valence electrons. The molecular weight excluding hydrogens is 403 g/mol. The van der Waals surface area contributed by atoms with E-state index in [1.165, 1.54) is 0 Å². The van der Waals surface area contributed by atoms with Crippen LogP contribution in [0.3, 0.4) is 0 Å². The van der Waals surface area contributed by atoms with Gasteiger partial charge >= 0.3 is 0 Å². The fourth-order valence-corrected chi connectivity index (χ4v) is 4.21. The van der Waals surface area contributed by atoms with Crippen molar-refractivity contribution in [3.63, 3.8) is 0 Å². The summed E-state index contributed by atoms with van der Waals surface area (Å²) in [6.07, 6.45) is 1.85. The molecule has 2 aliphatic heterocycles. The minimum absolute atomic E-state index is 0.339. The third-order valence-corrected chi connectivity index (χ3v) is 5.82. The average molecular weight is 425 g/mol. The Morgan fingerprint density at radius 3 is 2.39 bits per heavy atom. The summed E-state index contributed by atoms with van der Waals surface area (Å²) < 4.78 is 10.9. The Bertz CT molecular complexity index is 865. The molecule has 0 saturated carbocycles. The molecule has 0 bridgehead atoms. The molecule has 10 heteroatoms. The van der Waals surface area contributed by atoms with E-state index in [9.17, 15) is 0 Å². The van der Waals surface area contributed by atoms with Crippen LogP contribution in [0, 0.1) is 0 Å². The van der Waals surface area contributed by atoms with Crippen LogP contribution in [0.5, 0.6) is 11.5 Å². The maximum absolute atomic E-state index is 6.65. The Kier molecular flexibility index (Phi) is 5.27. The second-order valence-corrected chi connectivity index (χ2v) is 7.43. The molecule has 2 N–H and O–H groups in total. The highest BCUT2D eigenvalue weighted by molar-refractivity contribution is 6.41. The molecule has 0 unspecified atom stereocenters. The highest BCUT2D eigenvalue weighted by Crippen LogP contribution is 2.47. The summed E-state index contributed by atoms with van der Waals surface area (Å²) in [5.74, 6) is 2.57. The summed E-state index contributed by atoms with van der Waals surface area (Å²) in [7, 11) is 4.96. The first-order chi connectivity index (χ1) is 13.6. The van der Waals surface area contributed by atoms with Crippen molar-refractivity contribution < 1.29 is 9.47 Å². The van der Waals surface area contributed by atoms with E-state index in [1.807, 2.05) is 13.2 Å². The van der Waals surface area contributed by atoms with Crippen molar-refractivity contribution in [3.8, 4) is 11.5 Å². The number of nitrogens with one attached hydrogen (secondary N) is 2. The normalized spacial score (nSPS) is 16.5. The average Bonchev–Trinajstić information content (AvgIpc) is 2.67. The molecule has 1 fully saturated rings. The lowest BCUT2D eigenvalue weighted by Gasteiger charge is -2.46. The molecule has 0 radical (unpaired) electrons. The van der Waals surface area contributed by atoms with Crippen molar-refractivity contribution >= 4 is 40.7 Å². The summed E-state index contributed by atoms with van der Waals surface area (Å²) in [6.45, 7) is 2.96. The summed E-state index contributed by atoms with van der Waals surface area (Å²) >= 11 is 13.3. The molecule has 1 aromatic carbocycles. The summed E-state index contributed by atoms with van der Waals surface area (Å²) in [4.78, 5) is 13.4. The van der Waals surface area contributed by atoms with Crippen LogP contribution in [-0.4, -0.2) is 57.0 Å². The van der Waals surface area contributed by atoms with Gasteiger partial charge in [0, 0.05) is 44.5 Å². The van der Waals surface area contributed by atoms with E-state index in [0.717, 1.165) is 24.5 Å². The third-order valence-electron chi connectivity index (χ3n) is 5.09. The lowest BCUT2D eigenvalue weighted by molar-refractivity contribution is 0.392. The zero-order chi connectivity index (χ0) is 19.8. The second kappa shape index (κ2) is 7.69. The number of anilines is 3. The Balaban J connectivity index is 1.79. The van der Waals surface area contributed by atoms with E-state index >= 15 is 0 Å². The van der Waals surface area contributed by atoms with Crippen LogP contribution < -0.4 is 29.9 Å². The molecule has 0 atom stereocenters. The van der Waals surface area contributed by atoms with E-state index in [-0.39, 0.29) is 0 Å². The van der Waals surface area contributed by atoms with Gasteiger partial charge in [-0.3, -0.25) is 0 Å². The van der Waals surface area contributed by atoms with E-state index < -0.39 is 0 Å². The minimum atomic E-state index is 0.339. The van der Waals surface area contributed by atoms with Gasteiger partial charge in [0.25, 0.3) is 0 Å². The first kappa shape index (κ1) is 19.2. The van der Waals surface area contributed by atoms with Gasteiger partial charge in [0.05, 0.1) is 32.6 Å². The maximum Gasteiger partial charge on any atom is 0.224 e. The number of ether oxygens (including phenoxy) is 2. The molecule has 0 aliphatic carbocycles. The van der Waals surface area contributed by atoms with Gasteiger partial charge in [-0.15, -0.1) is 0 Å². The van der Waals surface area contributed by atoms with Gasteiger partial charge in [0.15, 0.2) is 0 Å². The van der Waals surface area contributed by atoms with Crippen LogP contribution >= 0.6 is 23.2 Å². The molecule has 1 saturated heterocycles. The molecule has 1 aromatic heterocycles. The Hall–Kier alpha value is -2.16. The van der Waals surface area contributed by atoms with Gasteiger partial charge in [0.2, 0.25) is 5.95 Å². The Morgan fingerprint density at radius 2 is 1.86 bits per heavy atom. The standard InChI is InChI=1S/C18H22Cl2N6O2/c1-21-18-23-5-10-8-25(9-26(17(10)24-18)11-6-22-7-11)16-14(19)12(27-2)4-13(28-3)15(16)20/h4-5,11,22H,6-9H2,1-3H3,(H,21,23,24). The second-order valence-electron chi connectivity index (χ2n) is 6.67. The van der Waals surface area contributed by atoms with E-state index in [0.29, 0.717) is 52.4 Å². The van der Waals surface area contributed by atoms with E-state index in [1.54, 1.807) is 20.3 Å². The van der Waals surface area contributed by atoms with Gasteiger partial charge in [-0.1, -0.05) is 23.2 Å². The highest BCUT2D eigenvalue weighted by atomic mass is 35.5. The number of nitrogens with zero attached hydrogens (tertiary/aromatic N) is 4. The number of benzene rings is 1. The van der Waals surface area contributed by atoms with Crippen molar-refractivity contribution in [2.75, 3.05) is 56.1 Å². The van der Waals surface area contributed by atoms with E-state index in [4.69, 9.17) is 37.7 Å². The van der Waals surface area contributed by atoms with Gasteiger partial charge in [-0.25, -0.2) is 4.98 Å². The monoisotopic (exact) mass is 424 g/mol. The first-order valence-corrected chi connectivity index (χ1v) is 9.68. The smallest absolute Gasteiger partial charge is 0.224 e. The lowest BCUT2D eigenvalue weighted by atomic mass is 10.1. The molecule has 0 spiro atoms. The molecule has 2 aromatic rings. The first-order valence-electron chi connectivity index (χ1n) is 8.93. The van der Waals surface area contributed by atoms with Crippen LogP contribution in [-0.2, 0) is 6.54 Å². The van der Waals surface area contributed by atoms with Crippen molar-refractivity contribution in [2.24, 2.45) is 0 Å². The van der Waals surface area contributed by atoms with Gasteiger partial charge in [-0.2, -0.15) is 4.98 Å². The fourth-order valence-electron chi connectivity index (χ4n) is 3.47. The zero-order valence-electron chi connectivity index (χ0n) is 15.9. The Labute approximate surface area is 173 Å². The number of methoxy groups -OCH3 is 2. The van der Waals surface area contributed by atoms with Crippen LogP contribution in [0.4, 0.5) is 17.5 Å². The largest absolute Gasteiger partial charge is 0.495 e. The summed E-state index contributed by atoms with van der Waals surface area (Å²) in [5.41, 5.74) is 1.69. The van der Waals surface area contributed by atoms with Crippen molar-refractivity contribution in [2.45, 2.75) is 12.6 Å². The number of rotatable bonds is 5. The predicted octanol–water partition coefficient (Wildman–Crippen LogP) is 2.60. The van der Waals surface area contributed by atoms with Crippen LogP contribution in [0.1, 0.15) is 5.56 Å². The molecule has 8 nitrogen and oxygen atoms in total. The van der Waals surface area contributed by atoms with Crippen LogP contribution in [0.15, 0.2) is 12.3 Å². The number of aromatic nitrogens is 2. The highest BCUT2D eigenvalue weighted by Gasteiger charge is 2.35. The van der Waals surface area contributed by atoms with E-state index in [2.05, 4.69) is 25.4 Å². The van der Waals surface area contributed by atoms with Crippen LogP contribution in [0.2, 0.25) is 10.0 Å². The molecule has 3 heterocycles. The van der Waals surface area contributed by atoms with Gasteiger partial charge in [-0.05, 0) is 0 Å². The quantitative estimate of drug-likeness (QED) is 0.758. The molecule has 28 heavy (non-hydrogen) atoms. The molecule has 0 amide bonds. The van der Waals surface area contributed by atoms with Crippen LogP contribution in [0.25, 0.3) is 0 Å². The topological polar surface area (TPSA) is 74.8 Å². The van der Waals surface area contributed by atoms with Gasteiger partial charge < -0.3 is 29.9 Å². The summed E-state index contributed by atoms with van der Waals surface area (Å²) in [5, 5.41) is 7.24. The minimum Gasteiger partial charge on any atom is -0.495 e. The third kappa shape index (κ3) is 3.15. The molecule has 4 rings (SSSR count). The fraction of sp³-hybridized carbons (Fsp3) is 0.444. The molecular formula is C18H22Cl2N6O2. The number of halogens is 2. The zero-order valence-corrected chi connectivity index (χ0v) is 17.4. The SMILES string of the molecule is CNc1ncc2c(n1)N(C1CNC1)CN(c1c(Cl)c(OC)cc(OC)c1Cl)C2. The summed E-state index contributed by atoms with van der Waals surface area (Å²) in [6, 6.07) is 2.04. The molecule has 2 aliphatic rings. The van der Waals surface area contributed by atoms with Gasteiger partial charge in [0.1, 0.15) is 27.4 Å². The number of hydrogen-bond donors (Lipinski definition) is 2. The van der Waals surface area contributed by atoms with Crippen molar-refractivity contribution in [1.29, 1.82) is 0 Å². The van der Waals surface area contributed by atoms with Crippen molar-refractivity contribution in [3.05, 3.63) is 27.9 Å². The number of fused-ring (bicyclic) bond motifs is 1. The lowest BCUT2D eigenvalue weighted by Crippen LogP contribution is -2.61. The predicted molar refractivity (Wildman–Crippen MR) is 111 cm³/mol. The maximum atomic E-state index is 6.65.